The highest BCUT2D eigenvalue weighted by atomic mass is 16.5. The van der Waals surface area contributed by atoms with Gasteiger partial charge in [-0.3, -0.25) is 9.59 Å². The van der Waals surface area contributed by atoms with Gasteiger partial charge in [0, 0.05) is 50.1 Å². The Morgan fingerprint density at radius 2 is 2.21 bits per heavy atom. The van der Waals surface area contributed by atoms with Gasteiger partial charge in [0.25, 0.3) is 11.5 Å². The number of anilines is 1. The lowest BCUT2D eigenvalue weighted by molar-refractivity contribution is 0.0930. The van der Waals surface area contributed by atoms with Crippen molar-refractivity contribution >= 4 is 11.9 Å². The molecule has 2 aromatic rings. The molecule has 0 saturated carbocycles. The van der Waals surface area contributed by atoms with E-state index in [0.29, 0.717) is 25.7 Å². The Labute approximate surface area is 163 Å². The number of carbonyl (C=O) groups is 1. The molecule has 1 fully saturated rings. The summed E-state index contributed by atoms with van der Waals surface area (Å²) in [5, 5.41) is 3.02. The second-order valence-corrected chi connectivity index (χ2v) is 7.46. The van der Waals surface area contributed by atoms with Gasteiger partial charge in [0.15, 0.2) is 0 Å². The van der Waals surface area contributed by atoms with Gasteiger partial charge >= 0.3 is 0 Å². The van der Waals surface area contributed by atoms with Crippen molar-refractivity contribution in [2.75, 3.05) is 24.6 Å². The van der Waals surface area contributed by atoms with Gasteiger partial charge in [0.2, 0.25) is 5.95 Å². The second kappa shape index (κ2) is 7.71. The zero-order valence-electron chi connectivity index (χ0n) is 16.3. The van der Waals surface area contributed by atoms with E-state index in [1.807, 2.05) is 13.1 Å². The summed E-state index contributed by atoms with van der Waals surface area (Å²) in [6.07, 6.45) is 4.44. The van der Waals surface area contributed by atoms with Crippen molar-refractivity contribution < 1.29 is 9.53 Å². The number of hydrogen-bond donors (Lipinski definition) is 1. The van der Waals surface area contributed by atoms with Gasteiger partial charge in [-0.2, -0.15) is 0 Å². The molecule has 0 radical (unpaired) electrons. The van der Waals surface area contributed by atoms with Crippen molar-refractivity contribution in [2.45, 2.75) is 38.8 Å². The van der Waals surface area contributed by atoms with Crippen LogP contribution < -0.4 is 15.8 Å². The minimum absolute atomic E-state index is 0.0461. The van der Waals surface area contributed by atoms with Crippen LogP contribution in [-0.2, 0) is 24.8 Å². The summed E-state index contributed by atoms with van der Waals surface area (Å²) in [6, 6.07) is 3.34. The molecule has 28 heavy (non-hydrogen) atoms. The van der Waals surface area contributed by atoms with Crippen LogP contribution in [0.1, 0.15) is 40.2 Å². The Hall–Kier alpha value is -2.74. The van der Waals surface area contributed by atoms with E-state index in [-0.39, 0.29) is 23.1 Å². The number of aromatic nitrogens is 3. The van der Waals surface area contributed by atoms with E-state index in [9.17, 15) is 9.59 Å². The quantitative estimate of drug-likeness (QED) is 0.849. The summed E-state index contributed by atoms with van der Waals surface area (Å²) in [6.45, 7) is 4.58. The number of amides is 1. The van der Waals surface area contributed by atoms with Crippen molar-refractivity contribution in [1.82, 2.24) is 19.9 Å². The van der Waals surface area contributed by atoms with Gasteiger partial charge in [-0.25, -0.2) is 9.97 Å². The predicted octanol–water partition coefficient (Wildman–Crippen LogP) is 0.955. The second-order valence-electron chi connectivity index (χ2n) is 7.46. The van der Waals surface area contributed by atoms with Crippen molar-refractivity contribution in [3.8, 4) is 0 Å². The monoisotopic (exact) mass is 383 g/mol. The van der Waals surface area contributed by atoms with Crippen LogP contribution in [0.2, 0.25) is 0 Å². The Kier molecular flexibility index (Phi) is 5.13. The van der Waals surface area contributed by atoms with Crippen molar-refractivity contribution in [2.24, 2.45) is 7.05 Å². The number of ether oxygens (including phenoxy) is 1. The minimum Gasteiger partial charge on any atom is -0.376 e. The molecule has 1 saturated heterocycles. The van der Waals surface area contributed by atoms with Crippen LogP contribution in [0.15, 0.2) is 23.1 Å². The molecule has 4 rings (SSSR count). The first-order valence-corrected chi connectivity index (χ1v) is 9.68. The molecule has 0 aliphatic carbocycles. The lowest BCUT2D eigenvalue weighted by Gasteiger charge is -2.33. The molecule has 0 aromatic carbocycles. The first-order valence-electron chi connectivity index (χ1n) is 9.68. The fraction of sp³-hybridized carbons (Fsp3) is 0.500. The SMILES string of the molecule is Cc1ccc(C(=O)NC2CCCN(c3ncc4c(n3)CCOC4)C2)c(=O)n1C. The van der Waals surface area contributed by atoms with E-state index < -0.39 is 0 Å². The zero-order chi connectivity index (χ0) is 19.7. The Balaban J connectivity index is 1.46. The standard InChI is InChI=1S/C20H25N5O3/c1-13-5-6-16(19(27)24(13)2)18(26)22-15-4-3-8-25(11-15)20-21-10-14-12-28-9-7-17(14)23-20/h5-6,10,15H,3-4,7-9,11-12H2,1-2H3,(H,22,26). The Bertz CT molecular complexity index is 955. The topological polar surface area (TPSA) is 89.4 Å². The number of nitrogens with one attached hydrogen (secondary N) is 1. The first-order chi connectivity index (χ1) is 13.5. The van der Waals surface area contributed by atoms with E-state index in [2.05, 4.69) is 15.2 Å². The Morgan fingerprint density at radius 3 is 3.07 bits per heavy atom. The number of hydrogen-bond acceptors (Lipinski definition) is 6. The summed E-state index contributed by atoms with van der Waals surface area (Å²) in [5.41, 5.74) is 2.82. The number of piperidine rings is 1. The molecule has 0 bridgehead atoms. The van der Waals surface area contributed by atoms with Crippen molar-refractivity contribution in [1.29, 1.82) is 0 Å². The van der Waals surface area contributed by atoms with Crippen LogP contribution in [0.25, 0.3) is 0 Å². The molecule has 2 aliphatic rings. The number of carbonyl (C=O) groups excluding carboxylic acids is 1. The Morgan fingerprint density at radius 1 is 1.36 bits per heavy atom. The average Bonchev–Trinajstić information content (AvgIpc) is 2.72. The van der Waals surface area contributed by atoms with Crippen LogP contribution in [0.3, 0.4) is 0 Å². The molecule has 4 heterocycles. The predicted molar refractivity (Wildman–Crippen MR) is 105 cm³/mol. The summed E-state index contributed by atoms with van der Waals surface area (Å²) in [5.74, 6) is 0.377. The molecule has 1 N–H and O–H groups in total. The van der Waals surface area contributed by atoms with Gasteiger partial charge in [-0.05, 0) is 31.9 Å². The largest absolute Gasteiger partial charge is 0.376 e. The van der Waals surface area contributed by atoms with Crippen molar-refractivity contribution in [3.63, 3.8) is 0 Å². The molecule has 2 aliphatic heterocycles. The third-order valence-electron chi connectivity index (χ3n) is 5.52. The molecule has 8 nitrogen and oxygen atoms in total. The molecular formula is C20H25N5O3. The number of fused-ring (bicyclic) bond motifs is 1. The smallest absolute Gasteiger partial charge is 0.263 e. The summed E-state index contributed by atoms with van der Waals surface area (Å²) >= 11 is 0. The average molecular weight is 383 g/mol. The van der Waals surface area contributed by atoms with Crippen molar-refractivity contribution in [3.05, 3.63) is 51.2 Å². The summed E-state index contributed by atoms with van der Waals surface area (Å²) in [7, 11) is 1.68. The normalized spacial score (nSPS) is 19.2. The fourth-order valence-electron chi connectivity index (χ4n) is 3.71. The number of nitrogens with zero attached hydrogens (tertiary/aromatic N) is 4. The highest BCUT2D eigenvalue weighted by Gasteiger charge is 2.25. The third kappa shape index (κ3) is 3.64. The molecule has 2 aromatic heterocycles. The van der Waals surface area contributed by atoms with E-state index in [0.717, 1.165) is 42.8 Å². The van der Waals surface area contributed by atoms with Gasteiger partial charge in [-0.1, -0.05) is 0 Å². The lowest BCUT2D eigenvalue weighted by atomic mass is 10.1. The minimum atomic E-state index is -0.323. The number of pyridine rings is 1. The highest BCUT2D eigenvalue weighted by Crippen LogP contribution is 2.20. The molecule has 148 valence electrons. The maximum atomic E-state index is 12.6. The van der Waals surface area contributed by atoms with Crippen LogP contribution in [0.4, 0.5) is 5.95 Å². The highest BCUT2D eigenvalue weighted by molar-refractivity contribution is 5.94. The van der Waals surface area contributed by atoms with Gasteiger partial charge in [-0.15, -0.1) is 0 Å². The molecule has 0 spiro atoms. The maximum absolute atomic E-state index is 12.6. The van der Waals surface area contributed by atoms with E-state index in [1.54, 1.807) is 19.2 Å². The number of rotatable bonds is 3. The molecular weight excluding hydrogens is 358 g/mol. The molecule has 8 heteroatoms. The van der Waals surface area contributed by atoms with Gasteiger partial charge in [0.05, 0.1) is 18.9 Å². The summed E-state index contributed by atoms with van der Waals surface area (Å²) < 4.78 is 6.93. The third-order valence-corrected chi connectivity index (χ3v) is 5.52. The van der Waals surface area contributed by atoms with Crippen LogP contribution in [0.5, 0.6) is 0 Å². The molecule has 1 amide bonds. The lowest BCUT2D eigenvalue weighted by Crippen LogP contribution is -2.49. The van der Waals surface area contributed by atoms with E-state index >= 15 is 0 Å². The molecule has 1 unspecified atom stereocenters. The van der Waals surface area contributed by atoms with Crippen LogP contribution in [-0.4, -0.2) is 46.2 Å². The molecule has 1 atom stereocenters. The zero-order valence-corrected chi connectivity index (χ0v) is 16.3. The number of aryl methyl sites for hydroxylation is 1. The fourth-order valence-corrected chi connectivity index (χ4v) is 3.71. The maximum Gasteiger partial charge on any atom is 0.263 e. The van der Waals surface area contributed by atoms with Crippen LogP contribution >= 0.6 is 0 Å². The first kappa shape index (κ1) is 18.6. The van der Waals surface area contributed by atoms with Gasteiger partial charge < -0.3 is 19.5 Å². The van der Waals surface area contributed by atoms with E-state index in [4.69, 9.17) is 9.72 Å². The van der Waals surface area contributed by atoms with E-state index in [1.165, 1.54) is 4.57 Å². The van der Waals surface area contributed by atoms with Gasteiger partial charge in [0.1, 0.15) is 5.56 Å². The van der Waals surface area contributed by atoms with Crippen LogP contribution in [0, 0.1) is 6.92 Å². The summed E-state index contributed by atoms with van der Waals surface area (Å²) in [4.78, 5) is 36.3.